The van der Waals surface area contributed by atoms with E-state index in [2.05, 4.69) is 11.1 Å². The summed E-state index contributed by atoms with van der Waals surface area (Å²) in [6.07, 6.45) is 3.37. The Hall–Kier alpha value is -1.48. The molecule has 0 saturated heterocycles. The van der Waals surface area contributed by atoms with E-state index < -0.39 is 0 Å². The van der Waals surface area contributed by atoms with Crippen molar-refractivity contribution in [3.05, 3.63) is 29.5 Å². The molecule has 0 fully saturated rings. The molecule has 1 aromatic carbocycles. The smallest absolute Gasteiger partial charge is 0.142 e. The van der Waals surface area contributed by atoms with E-state index in [0.717, 1.165) is 24.1 Å². The summed E-state index contributed by atoms with van der Waals surface area (Å²) in [7, 11) is 1.70. The predicted molar refractivity (Wildman–Crippen MR) is 64.7 cm³/mol. The molecule has 1 aliphatic rings. The maximum absolute atomic E-state index is 6.13. The summed E-state index contributed by atoms with van der Waals surface area (Å²) in [5, 5.41) is 1.27. The average molecular weight is 216 g/mol. The number of rotatable bonds is 1. The van der Waals surface area contributed by atoms with Crippen LogP contribution in [0.5, 0.6) is 5.75 Å². The molecule has 0 radical (unpaired) electrons. The highest BCUT2D eigenvalue weighted by atomic mass is 16.5. The van der Waals surface area contributed by atoms with Gasteiger partial charge in [0.1, 0.15) is 5.75 Å². The maximum atomic E-state index is 6.13. The molecule has 1 heterocycles. The number of methoxy groups -OCH3 is 1. The number of aryl methyl sites for hydroxylation is 1. The molecule has 3 heteroatoms. The quantitative estimate of drug-likeness (QED) is 0.769. The molecule has 3 rings (SSSR count). The topological polar surface area (TPSA) is 51.0 Å². The largest absolute Gasteiger partial charge is 0.495 e. The van der Waals surface area contributed by atoms with Crippen LogP contribution < -0.4 is 10.5 Å². The fourth-order valence-electron chi connectivity index (χ4n) is 2.67. The zero-order chi connectivity index (χ0) is 11.1. The molecular formula is C13H16N2O. The van der Waals surface area contributed by atoms with Crippen molar-refractivity contribution in [2.45, 2.75) is 25.3 Å². The number of H-pyrrole nitrogens is 1. The lowest BCUT2D eigenvalue weighted by Crippen LogP contribution is -2.16. The molecule has 16 heavy (non-hydrogen) atoms. The van der Waals surface area contributed by atoms with Gasteiger partial charge in [0, 0.05) is 17.1 Å². The molecule has 0 spiro atoms. The third-order valence-electron chi connectivity index (χ3n) is 3.47. The van der Waals surface area contributed by atoms with Crippen molar-refractivity contribution in [3.63, 3.8) is 0 Å². The number of aromatic nitrogens is 1. The van der Waals surface area contributed by atoms with Crippen molar-refractivity contribution in [2.75, 3.05) is 7.11 Å². The number of benzene rings is 1. The van der Waals surface area contributed by atoms with Gasteiger partial charge in [0.05, 0.1) is 12.6 Å². The monoisotopic (exact) mass is 216 g/mol. The molecule has 0 amide bonds. The molecule has 0 saturated carbocycles. The highest BCUT2D eigenvalue weighted by Crippen LogP contribution is 2.36. The van der Waals surface area contributed by atoms with Crippen LogP contribution in [0.3, 0.4) is 0 Å². The first-order valence-corrected chi connectivity index (χ1v) is 5.74. The molecule has 1 unspecified atom stereocenters. The lowest BCUT2D eigenvalue weighted by molar-refractivity contribution is 0.419. The van der Waals surface area contributed by atoms with E-state index >= 15 is 0 Å². The van der Waals surface area contributed by atoms with Gasteiger partial charge in [0.2, 0.25) is 0 Å². The Labute approximate surface area is 94.6 Å². The van der Waals surface area contributed by atoms with Gasteiger partial charge in [-0.15, -0.1) is 0 Å². The summed E-state index contributed by atoms with van der Waals surface area (Å²) in [5.41, 5.74) is 9.80. The summed E-state index contributed by atoms with van der Waals surface area (Å²) >= 11 is 0. The Bertz CT molecular complexity index is 530. The van der Waals surface area contributed by atoms with Gasteiger partial charge in [-0.3, -0.25) is 0 Å². The second-order valence-electron chi connectivity index (χ2n) is 4.40. The average Bonchev–Trinajstić information content (AvgIpc) is 2.69. The van der Waals surface area contributed by atoms with E-state index in [0.29, 0.717) is 0 Å². The number of para-hydroxylation sites is 1. The van der Waals surface area contributed by atoms with Crippen molar-refractivity contribution in [3.8, 4) is 5.75 Å². The number of aromatic amines is 1. The van der Waals surface area contributed by atoms with Crippen LogP contribution in [0, 0.1) is 0 Å². The summed E-state index contributed by atoms with van der Waals surface area (Å²) in [5.74, 6) is 0.902. The van der Waals surface area contributed by atoms with E-state index in [9.17, 15) is 0 Å². The summed E-state index contributed by atoms with van der Waals surface area (Å²) in [4.78, 5) is 3.44. The van der Waals surface area contributed by atoms with Crippen molar-refractivity contribution >= 4 is 10.9 Å². The molecule has 1 atom stereocenters. The first-order chi connectivity index (χ1) is 7.81. The Morgan fingerprint density at radius 3 is 3.12 bits per heavy atom. The highest BCUT2D eigenvalue weighted by Gasteiger charge is 2.22. The van der Waals surface area contributed by atoms with Gasteiger partial charge in [-0.1, -0.05) is 12.1 Å². The number of fused-ring (bicyclic) bond motifs is 3. The van der Waals surface area contributed by atoms with E-state index in [1.165, 1.54) is 23.1 Å². The number of ether oxygens (including phenoxy) is 1. The van der Waals surface area contributed by atoms with Crippen LogP contribution in [0.25, 0.3) is 10.9 Å². The van der Waals surface area contributed by atoms with Gasteiger partial charge < -0.3 is 15.5 Å². The first kappa shape index (κ1) is 9.73. The summed E-state index contributed by atoms with van der Waals surface area (Å²) < 4.78 is 5.37. The van der Waals surface area contributed by atoms with Gasteiger partial charge in [-0.05, 0) is 30.9 Å². The molecule has 3 N–H and O–H groups in total. The number of hydrogen-bond donors (Lipinski definition) is 2. The van der Waals surface area contributed by atoms with Crippen LogP contribution in [0.2, 0.25) is 0 Å². The summed E-state index contributed by atoms with van der Waals surface area (Å²) in [6.45, 7) is 0. The highest BCUT2D eigenvalue weighted by molar-refractivity contribution is 5.90. The SMILES string of the molecule is COc1cccc2c3c([nH]c12)C(N)CCC3. The zero-order valence-electron chi connectivity index (χ0n) is 9.42. The van der Waals surface area contributed by atoms with Crippen LogP contribution >= 0.6 is 0 Å². The standard InChI is InChI=1S/C13H16N2O/c1-16-11-7-3-5-9-8-4-2-6-10(14)12(8)15-13(9)11/h3,5,7,10,15H,2,4,6,14H2,1H3. The second-order valence-corrected chi connectivity index (χ2v) is 4.40. The third-order valence-corrected chi connectivity index (χ3v) is 3.47. The Morgan fingerprint density at radius 2 is 2.31 bits per heavy atom. The van der Waals surface area contributed by atoms with Gasteiger partial charge in [0.25, 0.3) is 0 Å². The predicted octanol–water partition coefficient (Wildman–Crippen LogP) is 2.51. The van der Waals surface area contributed by atoms with E-state index in [-0.39, 0.29) is 6.04 Å². The Balaban J connectivity index is 2.31. The Kier molecular flexibility index (Phi) is 2.14. The molecular weight excluding hydrogens is 200 g/mol. The molecule has 0 aliphatic heterocycles. The van der Waals surface area contributed by atoms with Crippen molar-refractivity contribution in [2.24, 2.45) is 5.73 Å². The van der Waals surface area contributed by atoms with Gasteiger partial charge in [-0.2, -0.15) is 0 Å². The fraction of sp³-hybridized carbons (Fsp3) is 0.385. The molecule has 3 nitrogen and oxygen atoms in total. The van der Waals surface area contributed by atoms with E-state index in [1.807, 2.05) is 12.1 Å². The molecule has 2 aromatic rings. The third kappa shape index (κ3) is 1.25. The molecule has 1 aromatic heterocycles. The van der Waals surface area contributed by atoms with Gasteiger partial charge in [-0.25, -0.2) is 0 Å². The Morgan fingerprint density at radius 1 is 1.44 bits per heavy atom. The van der Waals surface area contributed by atoms with E-state index in [4.69, 9.17) is 10.5 Å². The number of nitrogens with two attached hydrogens (primary N) is 1. The second kappa shape index (κ2) is 3.52. The van der Waals surface area contributed by atoms with Crippen molar-refractivity contribution in [1.82, 2.24) is 4.98 Å². The minimum absolute atomic E-state index is 0.154. The zero-order valence-corrected chi connectivity index (χ0v) is 9.42. The van der Waals surface area contributed by atoms with Gasteiger partial charge >= 0.3 is 0 Å². The minimum atomic E-state index is 0.154. The van der Waals surface area contributed by atoms with E-state index in [1.54, 1.807) is 7.11 Å². The van der Waals surface area contributed by atoms with Crippen molar-refractivity contribution < 1.29 is 4.74 Å². The van der Waals surface area contributed by atoms with Crippen LogP contribution in [0.1, 0.15) is 30.1 Å². The van der Waals surface area contributed by atoms with Crippen LogP contribution in [0.15, 0.2) is 18.2 Å². The lowest BCUT2D eigenvalue weighted by Gasteiger charge is -2.18. The van der Waals surface area contributed by atoms with Crippen molar-refractivity contribution in [1.29, 1.82) is 0 Å². The van der Waals surface area contributed by atoms with Crippen LogP contribution in [-0.2, 0) is 6.42 Å². The summed E-state index contributed by atoms with van der Waals surface area (Å²) in [6, 6.07) is 6.32. The minimum Gasteiger partial charge on any atom is -0.495 e. The molecule has 84 valence electrons. The van der Waals surface area contributed by atoms with Crippen LogP contribution in [-0.4, -0.2) is 12.1 Å². The maximum Gasteiger partial charge on any atom is 0.142 e. The first-order valence-electron chi connectivity index (χ1n) is 5.74. The number of hydrogen-bond acceptors (Lipinski definition) is 2. The fourth-order valence-corrected chi connectivity index (χ4v) is 2.67. The van der Waals surface area contributed by atoms with Crippen LogP contribution in [0.4, 0.5) is 0 Å². The van der Waals surface area contributed by atoms with Gasteiger partial charge in [0.15, 0.2) is 0 Å². The number of nitrogens with one attached hydrogen (secondary N) is 1. The lowest BCUT2D eigenvalue weighted by atomic mass is 9.92. The molecule has 1 aliphatic carbocycles. The normalized spacial score (nSPS) is 19.8. The molecule has 0 bridgehead atoms.